The lowest BCUT2D eigenvalue weighted by Crippen LogP contribution is -2.59. The van der Waals surface area contributed by atoms with E-state index in [1.54, 1.807) is 0 Å². The van der Waals surface area contributed by atoms with Gasteiger partial charge in [0.1, 0.15) is 0 Å². The lowest BCUT2D eigenvalue weighted by Gasteiger charge is -2.56. The van der Waals surface area contributed by atoms with Gasteiger partial charge in [-0.1, -0.05) is 55.0 Å². The average Bonchev–Trinajstić information content (AvgIpc) is 2.82. The molecule has 0 bridgehead atoms. The minimum atomic E-state index is -0.766. The van der Waals surface area contributed by atoms with Crippen LogP contribution in [-0.2, 0) is 17.6 Å². The third kappa shape index (κ3) is 4.32. The molecular weight excluding hydrogens is 432 g/mol. The van der Waals surface area contributed by atoms with Gasteiger partial charge >= 0.3 is 5.97 Å². The van der Waals surface area contributed by atoms with Crippen molar-refractivity contribution < 1.29 is 9.90 Å². The molecule has 1 spiro atoms. The summed E-state index contributed by atoms with van der Waals surface area (Å²) in [6, 6.07) is 21.4. The van der Waals surface area contributed by atoms with Gasteiger partial charge in [0.15, 0.2) is 0 Å². The number of nitrogens with zero attached hydrogens (tertiary/aromatic N) is 2. The highest BCUT2D eigenvalue weighted by Gasteiger charge is 2.46. The summed E-state index contributed by atoms with van der Waals surface area (Å²) in [5, 5.41) is 13.8. The number of likely N-dealkylation sites (tertiary alicyclic amines) is 1. The number of hydrogen-bond acceptors (Lipinski definition) is 3. The van der Waals surface area contributed by atoms with Gasteiger partial charge in [-0.3, -0.25) is 9.78 Å². The van der Waals surface area contributed by atoms with Crippen LogP contribution in [0.3, 0.4) is 0 Å². The summed E-state index contributed by atoms with van der Waals surface area (Å²) in [6.45, 7) is 3.82. The van der Waals surface area contributed by atoms with E-state index in [1.807, 2.05) is 18.3 Å². The summed E-state index contributed by atoms with van der Waals surface area (Å²) in [6.07, 6.45) is 9.16. The van der Waals surface area contributed by atoms with E-state index in [9.17, 15) is 4.79 Å². The Kier molecular flexibility index (Phi) is 5.77. The molecule has 0 unspecified atom stereocenters. The number of fused-ring (bicyclic) bond motifs is 2. The highest BCUT2D eigenvalue weighted by Crippen LogP contribution is 2.48. The van der Waals surface area contributed by atoms with Crippen molar-refractivity contribution in [3.63, 3.8) is 0 Å². The Morgan fingerprint density at radius 1 is 0.943 bits per heavy atom. The van der Waals surface area contributed by atoms with Crippen LogP contribution in [0.4, 0.5) is 0 Å². The molecule has 2 heterocycles. The maximum atomic E-state index is 11.1. The number of carboxylic acids is 1. The van der Waals surface area contributed by atoms with Crippen molar-refractivity contribution in [2.24, 2.45) is 5.41 Å². The summed E-state index contributed by atoms with van der Waals surface area (Å²) in [5.41, 5.74) is 5.25. The highest BCUT2D eigenvalue weighted by molar-refractivity contribution is 6.04. The molecule has 1 N–H and O–H groups in total. The summed E-state index contributed by atoms with van der Waals surface area (Å²) in [7, 11) is 0. The molecule has 4 heteroatoms. The van der Waals surface area contributed by atoms with Crippen LogP contribution in [0.1, 0.15) is 43.2 Å². The van der Waals surface area contributed by atoms with E-state index in [-0.39, 0.29) is 6.42 Å². The molecule has 1 saturated heterocycles. The van der Waals surface area contributed by atoms with Crippen molar-refractivity contribution in [1.82, 2.24) is 9.88 Å². The van der Waals surface area contributed by atoms with E-state index in [4.69, 9.17) is 10.1 Å². The molecule has 3 aromatic carbocycles. The second-order valence-corrected chi connectivity index (χ2v) is 10.6. The fourth-order valence-electron chi connectivity index (χ4n) is 6.19. The number of aryl methyl sites for hydroxylation is 2. The molecule has 2 aliphatic rings. The fraction of sp³-hybridized carbons (Fsp3) is 0.355. The van der Waals surface area contributed by atoms with Crippen LogP contribution in [0.25, 0.3) is 32.8 Å². The summed E-state index contributed by atoms with van der Waals surface area (Å²) in [5.74, 6) is -0.766. The first-order valence-corrected chi connectivity index (χ1v) is 12.9. The zero-order valence-electron chi connectivity index (χ0n) is 20.2. The number of carboxylic acid groups (broad SMARTS) is 1. The van der Waals surface area contributed by atoms with Crippen LogP contribution in [0, 0.1) is 5.41 Å². The Hall–Kier alpha value is -3.24. The lowest BCUT2D eigenvalue weighted by atomic mass is 9.63. The van der Waals surface area contributed by atoms with Crippen molar-refractivity contribution in [3.8, 4) is 11.3 Å². The normalized spacial score (nSPS) is 16.9. The molecule has 0 radical (unpaired) electrons. The standard InChI is InChI=1S/C31H32N2O2/c34-29(35)13-12-23-6-1-8-26-25(23)7-2-9-27(26)30-28-19-22(10-11-24(28)14-17-32-30)5-3-18-33-20-31(21-33)15-4-16-31/h1-2,6-11,14,17,19H,3-5,12-13,15-16,18,20-21H2,(H,34,35). The summed E-state index contributed by atoms with van der Waals surface area (Å²) >= 11 is 0. The van der Waals surface area contributed by atoms with Gasteiger partial charge in [0.05, 0.1) is 5.69 Å². The van der Waals surface area contributed by atoms with E-state index in [1.165, 1.54) is 61.7 Å². The van der Waals surface area contributed by atoms with E-state index < -0.39 is 5.97 Å². The van der Waals surface area contributed by atoms with Gasteiger partial charge in [-0.15, -0.1) is 0 Å². The Morgan fingerprint density at radius 3 is 2.57 bits per heavy atom. The minimum Gasteiger partial charge on any atom is -0.481 e. The third-order valence-electron chi connectivity index (χ3n) is 8.18. The quantitative estimate of drug-likeness (QED) is 0.324. The van der Waals surface area contributed by atoms with Gasteiger partial charge in [-0.25, -0.2) is 0 Å². The van der Waals surface area contributed by atoms with Crippen LogP contribution in [0.15, 0.2) is 66.9 Å². The van der Waals surface area contributed by atoms with Crippen molar-refractivity contribution in [3.05, 3.63) is 78.0 Å². The summed E-state index contributed by atoms with van der Waals surface area (Å²) in [4.78, 5) is 18.6. The molecule has 0 atom stereocenters. The Labute approximate surface area is 206 Å². The Morgan fingerprint density at radius 2 is 1.77 bits per heavy atom. The molecule has 1 aliphatic heterocycles. The van der Waals surface area contributed by atoms with Crippen molar-refractivity contribution >= 4 is 27.5 Å². The largest absolute Gasteiger partial charge is 0.481 e. The van der Waals surface area contributed by atoms with E-state index in [0.717, 1.165) is 34.0 Å². The monoisotopic (exact) mass is 464 g/mol. The summed E-state index contributed by atoms with van der Waals surface area (Å²) < 4.78 is 0. The number of aliphatic carboxylic acids is 1. The predicted molar refractivity (Wildman–Crippen MR) is 142 cm³/mol. The molecule has 0 amide bonds. The van der Waals surface area contributed by atoms with Crippen LogP contribution >= 0.6 is 0 Å². The molecule has 6 rings (SSSR count). The van der Waals surface area contributed by atoms with E-state index in [0.29, 0.717) is 11.8 Å². The SMILES string of the molecule is O=C(O)CCc1cccc2c(-c3nccc4ccc(CCCN5CC6(CCC6)C5)cc34)cccc12. The van der Waals surface area contributed by atoms with E-state index >= 15 is 0 Å². The van der Waals surface area contributed by atoms with Crippen LogP contribution in [0.5, 0.6) is 0 Å². The number of hydrogen-bond donors (Lipinski definition) is 1. The number of pyridine rings is 1. The van der Waals surface area contributed by atoms with Gasteiger partial charge in [-0.2, -0.15) is 0 Å². The maximum absolute atomic E-state index is 11.1. The average molecular weight is 465 g/mol. The third-order valence-corrected chi connectivity index (χ3v) is 8.18. The number of aromatic nitrogens is 1. The van der Waals surface area contributed by atoms with Crippen molar-refractivity contribution in [1.29, 1.82) is 0 Å². The first-order chi connectivity index (χ1) is 17.1. The minimum absolute atomic E-state index is 0.137. The smallest absolute Gasteiger partial charge is 0.303 e. The van der Waals surface area contributed by atoms with Crippen LogP contribution in [-0.4, -0.2) is 40.6 Å². The topological polar surface area (TPSA) is 53.4 Å². The zero-order chi connectivity index (χ0) is 23.8. The Balaban J connectivity index is 1.27. The van der Waals surface area contributed by atoms with Gasteiger partial charge in [0, 0.05) is 36.7 Å². The maximum Gasteiger partial charge on any atom is 0.303 e. The first-order valence-electron chi connectivity index (χ1n) is 12.9. The van der Waals surface area contributed by atoms with Gasteiger partial charge in [0.2, 0.25) is 0 Å². The molecule has 4 nitrogen and oxygen atoms in total. The molecule has 4 aromatic rings. The zero-order valence-corrected chi connectivity index (χ0v) is 20.2. The number of benzene rings is 3. The molecule has 178 valence electrons. The van der Waals surface area contributed by atoms with Crippen LogP contribution in [0.2, 0.25) is 0 Å². The predicted octanol–water partition coefficient (Wildman–Crippen LogP) is 6.49. The molecular formula is C31H32N2O2. The lowest BCUT2D eigenvalue weighted by molar-refractivity contribution is -0.136. The first kappa shape index (κ1) is 22.2. The second-order valence-electron chi connectivity index (χ2n) is 10.6. The number of rotatable bonds is 8. The second kappa shape index (κ2) is 9.09. The molecule has 2 fully saturated rings. The molecule has 1 aliphatic carbocycles. The van der Waals surface area contributed by atoms with Crippen molar-refractivity contribution in [2.45, 2.75) is 44.9 Å². The van der Waals surface area contributed by atoms with Crippen molar-refractivity contribution in [2.75, 3.05) is 19.6 Å². The van der Waals surface area contributed by atoms with Gasteiger partial charge < -0.3 is 10.0 Å². The van der Waals surface area contributed by atoms with Gasteiger partial charge in [0.25, 0.3) is 0 Å². The van der Waals surface area contributed by atoms with Gasteiger partial charge in [-0.05, 0) is 83.5 Å². The molecule has 1 aromatic heterocycles. The Bertz CT molecular complexity index is 1400. The highest BCUT2D eigenvalue weighted by atomic mass is 16.4. The fourth-order valence-corrected chi connectivity index (χ4v) is 6.19. The molecule has 35 heavy (non-hydrogen) atoms. The molecule has 1 saturated carbocycles. The number of carbonyl (C=O) groups is 1. The van der Waals surface area contributed by atoms with E-state index in [2.05, 4.69) is 53.4 Å². The van der Waals surface area contributed by atoms with Crippen LogP contribution < -0.4 is 0 Å².